The summed E-state index contributed by atoms with van der Waals surface area (Å²) < 4.78 is 3.46. The van der Waals surface area contributed by atoms with E-state index in [1.165, 1.54) is 6.33 Å². The largest absolute Gasteiger partial charge is 0.334 e. The third-order valence-electron chi connectivity index (χ3n) is 4.44. The Morgan fingerprint density at radius 1 is 1.36 bits per heavy atom. The zero-order chi connectivity index (χ0) is 17.2. The summed E-state index contributed by atoms with van der Waals surface area (Å²) >= 11 is 0. The number of aromatic nitrogens is 6. The van der Waals surface area contributed by atoms with Gasteiger partial charge in [0.05, 0.1) is 18.8 Å². The van der Waals surface area contributed by atoms with Gasteiger partial charge in [0.1, 0.15) is 12.7 Å². The van der Waals surface area contributed by atoms with Crippen LogP contribution < -0.4 is 0 Å². The summed E-state index contributed by atoms with van der Waals surface area (Å²) in [5.74, 6) is 0.608. The number of hydrogen-bond acceptors (Lipinski definition) is 5. The van der Waals surface area contributed by atoms with E-state index in [9.17, 15) is 4.79 Å². The van der Waals surface area contributed by atoms with Gasteiger partial charge in [0, 0.05) is 24.5 Å². The SMILES string of the molecule is Cc1cnn(CC2CCCN2C(=O)c2ccnc(-n3cncn3)c2)c1. The van der Waals surface area contributed by atoms with Crippen LogP contribution in [0.15, 0.2) is 43.4 Å². The molecule has 1 aliphatic rings. The van der Waals surface area contributed by atoms with Crippen LogP contribution in [0.4, 0.5) is 0 Å². The monoisotopic (exact) mass is 337 g/mol. The van der Waals surface area contributed by atoms with Crippen LogP contribution in [0.1, 0.15) is 28.8 Å². The molecule has 0 N–H and O–H groups in total. The van der Waals surface area contributed by atoms with Crippen LogP contribution in [0.2, 0.25) is 0 Å². The Morgan fingerprint density at radius 3 is 3.04 bits per heavy atom. The fourth-order valence-corrected chi connectivity index (χ4v) is 3.24. The summed E-state index contributed by atoms with van der Waals surface area (Å²) in [5, 5.41) is 8.41. The molecule has 1 unspecified atom stereocenters. The van der Waals surface area contributed by atoms with Crippen molar-refractivity contribution < 1.29 is 4.79 Å². The van der Waals surface area contributed by atoms with Crippen molar-refractivity contribution in [1.82, 2.24) is 34.4 Å². The van der Waals surface area contributed by atoms with Crippen molar-refractivity contribution in [2.45, 2.75) is 32.4 Å². The average Bonchev–Trinajstić information content (AvgIpc) is 3.37. The van der Waals surface area contributed by atoms with Crippen molar-refractivity contribution >= 4 is 5.91 Å². The highest BCUT2D eigenvalue weighted by Gasteiger charge is 2.30. The molecule has 0 aromatic carbocycles. The maximum Gasteiger partial charge on any atom is 0.254 e. The first-order valence-corrected chi connectivity index (χ1v) is 8.32. The second-order valence-electron chi connectivity index (χ2n) is 6.28. The fraction of sp³-hybridized carbons (Fsp3) is 0.353. The Bertz CT molecular complexity index is 871. The van der Waals surface area contributed by atoms with Crippen molar-refractivity contribution in [1.29, 1.82) is 0 Å². The zero-order valence-corrected chi connectivity index (χ0v) is 14.0. The van der Waals surface area contributed by atoms with Crippen LogP contribution in [0.25, 0.3) is 5.82 Å². The smallest absolute Gasteiger partial charge is 0.254 e. The molecular weight excluding hydrogens is 318 g/mol. The topological polar surface area (TPSA) is 81.7 Å². The lowest BCUT2D eigenvalue weighted by atomic mass is 10.2. The Labute approximate surface area is 145 Å². The second kappa shape index (κ2) is 6.46. The lowest BCUT2D eigenvalue weighted by Gasteiger charge is -2.25. The number of carbonyl (C=O) groups is 1. The third kappa shape index (κ3) is 3.15. The summed E-state index contributed by atoms with van der Waals surface area (Å²) in [6.07, 6.45) is 10.5. The molecule has 8 nitrogen and oxygen atoms in total. The van der Waals surface area contributed by atoms with Gasteiger partial charge in [-0.2, -0.15) is 10.2 Å². The van der Waals surface area contributed by atoms with Gasteiger partial charge in [-0.1, -0.05) is 0 Å². The molecule has 128 valence electrons. The van der Waals surface area contributed by atoms with Gasteiger partial charge < -0.3 is 4.90 Å². The molecule has 8 heteroatoms. The molecule has 0 bridgehead atoms. The standard InChI is InChI=1S/C17H19N7O/c1-13-8-20-22(9-13)10-15-3-2-6-23(15)17(25)14-4-5-19-16(7-14)24-12-18-11-21-24/h4-5,7-9,11-12,15H,2-3,6,10H2,1H3. The van der Waals surface area contributed by atoms with E-state index >= 15 is 0 Å². The molecule has 4 heterocycles. The maximum absolute atomic E-state index is 13.0. The second-order valence-corrected chi connectivity index (χ2v) is 6.28. The minimum absolute atomic E-state index is 0.0233. The van der Waals surface area contributed by atoms with E-state index in [0.717, 1.165) is 31.5 Å². The molecule has 25 heavy (non-hydrogen) atoms. The molecule has 0 aliphatic carbocycles. The number of aryl methyl sites for hydroxylation is 1. The number of amides is 1. The molecule has 4 rings (SSSR count). The molecular formula is C17H19N7O. The highest BCUT2D eigenvalue weighted by Crippen LogP contribution is 2.22. The predicted octanol–water partition coefficient (Wildman–Crippen LogP) is 1.47. The maximum atomic E-state index is 13.0. The predicted molar refractivity (Wildman–Crippen MR) is 90.2 cm³/mol. The molecule has 0 radical (unpaired) electrons. The van der Waals surface area contributed by atoms with Gasteiger partial charge in [-0.05, 0) is 37.5 Å². The van der Waals surface area contributed by atoms with Crippen molar-refractivity contribution in [3.05, 3.63) is 54.5 Å². The van der Waals surface area contributed by atoms with Crippen LogP contribution in [-0.4, -0.2) is 52.9 Å². The molecule has 3 aromatic heterocycles. The lowest BCUT2D eigenvalue weighted by molar-refractivity contribution is 0.0721. The van der Waals surface area contributed by atoms with Crippen LogP contribution in [0, 0.1) is 6.92 Å². The summed E-state index contributed by atoms with van der Waals surface area (Å²) in [4.78, 5) is 23.1. The molecule has 3 aromatic rings. The van der Waals surface area contributed by atoms with Crippen LogP contribution in [0.5, 0.6) is 0 Å². The highest BCUT2D eigenvalue weighted by molar-refractivity contribution is 5.94. The van der Waals surface area contributed by atoms with Crippen LogP contribution >= 0.6 is 0 Å². The van der Waals surface area contributed by atoms with E-state index in [0.29, 0.717) is 11.4 Å². The number of rotatable bonds is 4. The number of nitrogens with zero attached hydrogens (tertiary/aromatic N) is 7. The third-order valence-corrected chi connectivity index (χ3v) is 4.44. The van der Waals surface area contributed by atoms with Gasteiger partial charge >= 0.3 is 0 Å². The quantitative estimate of drug-likeness (QED) is 0.720. The van der Waals surface area contributed by atoms with E-state index in [1.54, 1.807) is 29.3 Å². The van der Waals surface area contributed by atoms with Gasteiger partial charge in [0.15, 0.2) is 5.82 Å². The Kier molecular flexibility index (Phi) is 4.01. The van der Waals surface area contributed by atoms with Crippen molar-refractivity contribution in [2.24, 2.45) is 0 Å². The Balaban J connectivity index is 1.54. The van der Waals surface area contributed by atoms with Crippen molar-refractivity contribution in [3.8, 4) is 5.82 Å². The molecule has 0 spiro atoms. The minimum Gasteiger partial charge on any atom is -0.334 e. The Morgan fingerprint density at radius 2 is 2.28 bits per heavy atom. The molecule has 1 atom stereocenters. The summed E-state index contributed by atoms with van der Waals surface area (Å²) in [6, 6.07) is 3.66. The fourth-order valence-electron chi connectivity index (χ4n) is 3.24. The van der Waals surface area contributed by atoms with Gasteiger partial charge in [0.25, 0.3) is 5.91 Å². The van der Waals surface area contributed by atoms with E-state index < -0.39 is 0 Å². The molecule has 0 saturated carbocycles. The number of hydrogen-bond donors (Lipinski definition) is 0. The first-order chi connectivity index (χ1) is 12.2. The molecule has 1 aliphatic heterocycles. The number of carbonyl (C=O) groups excluding carboxylic acids is 1. The van der Waals surface area contributed by atoms with Crippen LogP contribution in [0.3, 0.4) is 0 Å². The average molecular weight is 337 g/mol. The zero-order valence-electron chi connectivity index (χ0n) is 14.0. The van der Waals surface area contributed by atoms with Crippen molar-refractivity contribution in [3.63, 3.8) is 0 Å². The first-order valence-electron chi connectivity index (χ1n) is 8.32. The Hall–Kier alpha value is -3.03. The van der Waals surface area contributed by atoms with E-state index in [2.05, 4.69) is 20.2 Å². The highest BCUT2D eigenvalue weighted by atomic mass is 16.2. The van der Waals surface area contributed by atoms with Crippen LogP contribution in [-0.2, 0) is 6.54 Å². The van der Waals surface area contributed by atoms with E-state index in [-0.39, 0.29) is 11.9 Å². The number of pyridine rings is 1. The number of likely N-dealkylation sites (tertiary alicyclic amines) is 1. The minimum atomic E-state index is 0.0233. The van der Waals surface area contributed by atoms with Gasteiger partial charge in [0.2, 0.25) is 0 Å². The molecule has 1 fully saturated rings. The summed E-state index contributed by atoms with van der Waals surface area (Å²) in [7, 11) is 0. The van der Waals surface area contributed by atoms with E-state index in [4.69, 9.17) is 0 Å². The van der Waals surface area contributed by atoms with Gasteiger partial charge in [-0.25, -0.2) is 14.6 Å². The summed E-state index contributed by atoms with van der Waals surface area (Å²) in [6.45, 7) is 3.51. The summed E-state index contributed by atoms with van der Waals surface area (Å²) in [5.41, 5.74) is 1.74. The molecule has 1 saturated heterocycles. The first kappa shape index (κ1) is 15.5. The van der Waals surface area contributed by atoms with Gasteiger partial charge in [-0.3, -0.25) is 9.48 Å². The normalized spacial score (nSPS) is 17.2. The van der Waals surface area contributed by atoms with E-state index in [1.807, 2.05) is 28.9 Å². The van der Waals surface area contributed by atoms with Crippen molar-refractivity contribution in [2.75, 3.05) is 6.54 Å². The lowest BCUT2D eigenvalue weighted by Crippen LogP contribution is -2.38. The molecule has 1 amide bonds. The van der Waals surface area contributed by atoms with Gasteiger partial charge in [-0.15, -0.1) is 0 Å².